The Labute approximate surface area is 121 Å². The number of benzene rings is 1. The molecule has 1 aromatic heterocycles. The minimum Gasteiger partial charge on any atom is -0.496 e. The van der Waals surface area contributed by atoms with Crippen molar-refractivity contribution in [1.82, 2.24) is 20.8 Å². The minimum atomic E-state index is -0.290. The van der Waals surface area contributed by atoms with E-state index in [4.69, 9.17) is 16.3 Å². The summed E-state index contributed by atoms with van der Waals surface area (Å²) in [6.45, 7) is 0.670. The molecule has 106 valence electrons. The van der Waals surface area contributed by atoms with Crippen LogP contribution in [0.1, 0.15) is 11.3 Å². The fourth-order valence-corrected chi connectivity index (χ4v) is 1.92. The van der Waals surface area contributed by atoms with Gasteiger partial charge in [0.1, 0.15) is 5.75 Å². The maximum Gasteiger partial charge on any atom is 0.315 e. The zero-order chi connectivity index (χ0) is 14.4. The van der Waals surface area contributed by atoms with Crippen molar-refractivity contribution in [1.29, 1.82) is 0 Å². The number of H-pyrrole nitrogens is 1. The van der Waals surface area contributed by atoms with Gasteiger partial charge in [0.15, 0.2) is 0 Å². The number of aromatic amines is 1. The number of hydrogen-bond donors (Lipinski definition) is 3. The van der Waals surface area contributed by atoms with E-state index in [0.29, 0.717) is 17.3 Å². The molecule has 0 saturated carbocycles. The van der Waals surface area contributed by atoms with Crippen LogP contribution in [-0.4, -0.2) is 23.3 Å². The number of methoxy groups -OCH3 is 1. The Balaban J connectivity index is 1.87. The van der Waals surface area contributed by atoms with Gasteiger partial charge in [0.05, 0.1) is 19.3 Å². The Morgan fingerprint density at radius 1 is 1.35 bits per heavy atom. The van der Waals surface area contributed by atoms with Crippen LogP contribution >= 0.6 is 11.6 Å². The van der Waals surface area contributed by atoms with Crippen molar-refractivity contribution in [2.45, 2.75) is 13.1 Å². The molecule has 0 aliphatic rings. The Bertz CT molecular complexity index is 572. The highest BCUT2D eigenvalue weighted by Crippen LogP contribution is 2.25. The van der Waals surface area contributed by atoms with E-state index in [9.17, 15) is 4.79 Å². The van der Waals surface area contributed by atoms with Crippen molar-refractivity contribution in [3.05, 3.63) is 46.7 Å². The van der Waals surface area contributed by atoms with Crippen molar-refractivity contribution >= 4 is 17.6 Å². The van der Waals surface area contributed by atoms with Crippen molar-refractivity contribution in [2.75, 3.05) is 7.11 Å². The number of hydrogen-bond acceptors (Lipinski definition) is 3. The van der Waals surface area contributed by atoms with Gasteiger partial charge in [-0.15, -0.1) is 0 Å². The summed E-state index contributed by atoms with van der Waals surface area (Å²) in [6.07, 6.45) is 1.63. The first kappa shape index (κ1) is 14.2. The molecular weight excluding hydrogens is 280 g/mol. The molecule has 0 aliphatic heterocycles. The molecule has 0 bridgehead atoms. The highest BCUT2D eigenvalue weighted by Gasteiger charge is 2.09. The molecule has 2 aromatic rings. The molecule has 2 rings (SSSR count). The Kier molecular flexibility index (Phi) is 4.84. The molecule has 0 saturated heterocycles. The van der Waals surface area contributed by atoms with E-state index in [1.807, 2.05) is 0 Å². The van der Waals surface area contributed by atoms with E-state index >= 15 is 0 Å². The Morgan fingerprint density at radius 2 is 2.15 bits per heavy atom. The average Bonchev–Trinajstić information content (AvgIpc) is 2.96. The lowest BCUT2D eigenvalue weighted by molar-refractivity contribution is 0.240. The summed E-state index contributed by atoms with van der Waals surface area (Å²) in [7, 11) is 1.56. The first-order valence-electron chi connectivity index (χ1n) is 6.02. The summed E-state index contributed by atoms with van der Waals surface area (Å²) in [6, 6.07) is 6.84. The SMILES string of the molecule is COc1cccc(Cl)c1CNC(=O)NCc1ccn[nH]1. The minimum absolute atomic E-state index is 0.289. The molecule has 6 nitrogen and oxygen atoms in total. The molecule has 1 heterocycles. The van der Waals surface area contributed by atoms with Crippen molar-refractivity contribution in [3.63, 3.8) is 0 Å². The number of urea groups is 1. The topological polar surface area (TPSA) is 79.0 Å². The number of halogens is 1. The third-order valence-electron chi connectivity index (χ3n) is 2.72. The monoisotopic (exact) mass is 294 g/mol. The zero-order valence-electron chi connectivity index (χ0n) is 10.9. The number of aromatic nitrogens is 2. The van der Waals surface area contributed by atoms with Gasteiger partial charge in [-0.25, -0.2) is 4.79 Å². The van der Waals surface area contributed by atoms with E-state index in [0.717, 1.165) is 11.3 Å². The molecular formula is C13H15ClN4O2. The van der Waals surface area contributed by atoms with Gasteiger partial charge in [-0.2, -0.15) is 5.10 Å². The van der Waals surface area contributed by atoms with Crippen LogP contribution in [0.25, 0.3) is 0 Å². The Hall–Kier alpha value is -2.21. The molecule has 0 spiro atoms. The highest BCUT2D eigenvalue weighted by molar-refractivity contribution is 6.31. The number of nitrogens with zero attached hydrogens (tertiary/aromatic N) is 1. The van der Waals surface area contributed by atoms with Crippen molar-refractivity contribution in [3.8, 4) is 5.75 Å². The molecule has 0 atom stereocenters. The fraction of sp³-hybridized carbons (Fsp3) is 0.231. The van der Waals surface area contributed by atoms with E-state index < -0.39 is 0 Å². The summed E-state index contributed by atoms with van der Waals surface area (Å²) in [5.74, 6) is 0.645. The summed E-state index contributed by atoms with van der Waals surface area (Å²) in [4.78, 5) is 11.7. The first-order valence-corrected chi connectivity index (χ1v) is 6.40. The van der Waals surface area contributed by atoms with Crippen LogP contribution in [0, 0.1) is 0 Å². The van der Waals surface area contributed by atoms with Gasteiger partial charge >= 0.3 is 6.03 Å². The molecule has 1 aromatic carbocycles. The summed E-state index contributed by atoms with van der Waals surface area (Å²) in [5, 5.41) is 12.5. The van der Waals surface area contributed by atoms with Gasteiger partial charge in [0, 0.05) is 23.3 Å². The normalized spacial score (nSPS) is 10.1. The van der Waals surface area contributed by atoms with E-state index in [-0.39, 0.29) is 12.6 Å². The van der Waals surface area contributed by atoms with Gasteiger partial charge < -0.3 is 15.4 Å². The van der Waals surface area contributed by atoms with Gasteiger partial charge in [-0.1, -0.05) is 17.7 Å². The molecule has 20 heavy (non-hydrogen) atoms. The lowest BCUT2D eigenvalue weighted by atomic mass is 10.2. The quantitative estimate of drug-likeness (QED) is 0.790. The lowest BCUT2D eigenvalue weighted by Gasteiger charge is -2.11. The molecule has 0 aliphatic carbocycles. The number of amides is 2. The highest BCUT2D eigenvalue weighted by atomic mass is 35.5. The lowest BCUT2D eigenvalue weighted by Crippen LogP contribution is -2.34. The van der Waals surface area contributed by atoms with Crippen molar-refractivity contribution < 1.29 is 9.53 Å². The van der Waals surface area contributed by atoms with Crippen molar-refractivity contribution in [2.24, 2.45) is 0 Å². The molecule has 0 radical (unpaired) electrons. The second kappa shape index (κ2) is 6.81. The number of nitrogens with one attached hydrogen (secondary N) is 3. The standard InChI is InChI=1S/C13H15ClN4O2/c1-20-12-4-2-3-11(14)10(12)8-16-13(19)15-7-9-5-6-17-18-9/h2-6H,7-8H2,1H3,(H,17,18)(H2,15,16,19). The summed E-state index contributed by atoms with van der Waals surface area (Å²) >= 11 is 6.08. The summed E-state index contributed by atoms with van der Waals surface area (Å²) in [5.41, 5.74) is 1.57. The van der Waals surface area contributed by atoms with Gasteiger partial charge in [0.25, 0.3) is 0 Å². The number of ether oxygens (including phenoxy) is 1. The summed E-state index contributed by atoms with van der Waals surface area (Å²) < 4.78 is 5.21. The van der Waals surface area contributed by atoms with Crippen LogP contribution in [0.3, 0.4) is 0 Å². The average molecular weight is 295 g/mol. The number of carbonyl (C=O) groups excluding carboxylic acids is 1. The third kappa shape index (κ3) is 3.64. The molecule has 0 fully saturated rings. The smallest absolute Gasteiger partial charge is 0.315 e. The van der Waals surface area contributed by atoms with E-state index in [1.165, 1.54) is 0 Å². The molecule has 7 heteroatoms. The van der Waals surface area contributed by atoms with Crippen LogP contribution in [0.15, 0.2) is 30.5 Å². The molecule has 2 amide bonds. The van der Waals surface area contributed by atoms with Gasteiger partial charge in [-0.05, 0) is 18.2 Å². The first-order chi connectivity index (χ1) is 9.70. The second-order valence-electron chi connectivity index (χ2n) is 4.04. The Morgan fingerprint density at radius 3 is 2.85 bits per heavy atom. The van der Waals surface area contributed by atoms with Crippen LogP contribution in [-0.2, 0) is 13.1 Å². The molecule has 0 unspecified atom stereocenters. The predicted octanol–water partition coefficient (Wildman–Crippen LogP) is 2.07. The van der Waals surface area contributed by atoms with Crippen LogP contribution in [0.4, 0.5) is 4.79 Å². The molecule has 3 N–H and O–H groups in total. The van der Waals surface area contributed by atoms with Gasteiger partial charge in [-0.3, -0.25) is 5.10 Å². The zero-order valence-corrected chi connectivity index (χ0v) is 11.7. The predicted molar refractivity (Wildman–Crippen MR) is 75.7 cm³/mol. The second-order valence-corrected chi connectivity index (χ2v) is 4.45. The third-order valence-corrected chi connectivity index (χ3v) is 3.07. The number of rotatable bonds is 5. The van der Waals surface area contributed by atoms with Crippen LogP contribution < -0.4 is 15.4 Å². The van der Waals surface area contributed by atoms with Crippen LogP contribution in [0.5, 0.6) is 5.75 Å². The van der Waals surface area contributed by atoms with E-state index in [2.05, 4.69) is 20.8 Å². The maximum atomic E-state index is 11.7. The van der Waals surface area contributed by atoms with E-state index in [1.54, 1.807) is 37.6 Å². The fourth-order valence-electron chi connectivity index (χ4n) is 1.69. The number of carbonyl (C=O) groups is 1. The van der Waals surface area contributed by atoms with Gasteiger partial charge in [0.2, 0.25) is 0 Å². The maximum absolute atomic E-state index is 11.7. The van der Waals surface area contributed by atoms with Crippen LogP contribution in [0.2, 0.25) is 5.02 Å². The largest absolute Gasteiger partial charge is 0.496 e.